The van der Waals surface area contributed by atoms with Crippen molar-refractivity contribution in [2.75, 3.05) is 6.54 Å². The average molecular weight is 511 g/mol. The van der Waals surface area contributed by atoms with Crippen molar-refractivity contribution in [2.24, 2.45) is 0 Å². The second kappa shape index (κ2) is 10.3. The topological polar surface area (TPSA) is 59.2 Å². The molecule has 2 aromatic carbocycles. The fourth-order valence-corrected chi connectivity index (χ4v) is 4.31. The van der Waals surface area contributed by atoms with E-state index in [0.29, 0.717) is 5.56 Å². The van der Waals surface area contributed by atoms with Gasteiger partial charge in [0.15, 0.2) is 0 Å². The molecule has 1 aromatic heterocycles. The monoisotopic (exact) mass is 511 g/mol. The van der Waals surface area contributed by atoms with Gasteiger partial charge in [0.1, 0.15) is 0 Å². The molecule has 0 unspecified atom stereocenters. The van der Waals surface area contributed by atoms with Crippen molar-refractivity contribution in [3.8, 4) is 11.4 Å². The Balaban J connectivity index is 1.48. The number of hydrogen-bond acceptors (Lipinski definition) is 4. The molecule has 0 saturated heterocycles. The van der Waals surface area contributed by atoms with Crippen LogP contribution in [-0.4, -0.2) is 33.5 Å². The first-order valence-electron chi connectivity index (χ1n) is 11.5. The lowest BCUT2D eigenvalue weighted by Crippen LogP contribution is -2.42. The van der Waals surface area contributed by atoms with Crippen molar-refractivity contribution in [1.29, 1.82) is 0 Å². The van der Waals surface area contributed by atoms with Gasteiger partial charge in [-0.25, -0.2) is 0 Å². The van der Waals surface area contributed by atoms with Crippen LogP contribution in [0.3, 0.4) is 0 Å². The Bertz CT molecular complexity index is 1160. The third-order valence-corrected chi connectivity index (χ3v) is 6.24. The first-order chi connectivity index (χ1) is 17.0. The zero-order chi connectivity index (χ0) is 25.9. The number of hydrogen-bond donors (Lipinski definition) is 0. The van der Waals surface area contributed by atoms with E-state index in [2.05, 4.69) is 10.1 Å². The van der Waals surface area contributed by atoms with Crippen molar-refractivity contribution in [3.63, 3.8) is 0 Å². The number of alkyl halides is 6. The number of carbonyl (C=O) groups excluding carboxylic acids is 1. The summed E-state index contributed by atoms with van der Waals surface area (Å²) in [6.45, 7) is 0.208. The average Bonchev–Trinajstić information content (AvgIpc) is 3.33. The predicted octanol–water partition coefficient (Wildman–Crippen LogP) is 6.79. The van der Waals surface area contributed by atoms with E-state index in [1.807, 2.05) is 0 Å². The first kappa shape index (κ1) is 25.7. The Morgan fingerprint density at radius 2 is 1.42 bits per heavy atom. The molecule has 0 bridgehead atoms. The number of benzene rings is 2. The number of aromatic nitrogens is 2. The van der Waals surface area contributed by atoms with E-state index in [9.17, 15) is 31.1 Å². The molecule has 0 atom stereocenters. The van der Waals surface area contributed by atoms with Gasteiger partial charge in [0.2, 0.25) is 11.7 Å². The van der Waals surface area contributed by atoms with E-state index in [1.54, 1.807) is 4.90 Å². The molecule has 0 aliphatic heterocycles. The van der Waals surface area contributed by atoms with Crippen LogP contribution >= 0.6 is 0 Å². The summed E-state index contributed by atoms with van der Waals surface area (Å²) in [4.78, 5) is 19.1. The molecular weight excluding hydrogens is 488 g/mol. The number of rotatable bonds is 6. The molecule has 1 fully saturated rings. The zero-order valence-electron chi connectivity index (χ0n) is 19.1. The van der Waals surface area contributed by atoms with Crippen LogP contribution in [0.15, 0.2) is 53.1 Å². The molecule has 0 spiro atoms. The van der Waals surface area contributed by atoms with Crippen LogP contribution in [0.4, 0.5) is 26.3 Å². The van der Waals surface area contributed by atoms with E-state index >= 15 is 0 Å². The summed E-state index contributed by atoms with van der Waals surface area (Å²) < 4.78 is 82.3. The standard InChI is InChI=1S/C25H23F6N3O2/c26-24(27,28)18-10-6-16(7-11-18)22-32-21(36-33-22)14-15-34(20-4-2-1-3-5-20)23(35)17-8-12-19(13-9-17)25(29,30)31/h6-13,20H,1-5,14-15H2. The summed E-state index contributed by atoms with van der Waals surface area (Å²) >= 11 is 0. The van der Waals surface area contributed by atoms with Gasteiger partial charge >= 0.3 is 12.4 Å². The largest absolute Gasteiger partial charge is 0.416 e. The molecule has 3 aromatic rings. The molecule has 0 N–H and O–H groups in total. The fraction of sp³-hybridized carbons (Fsp3) is 0.400. The summed E-state index contributed by atoms with van der Waals surface area (Å²) in [5.41, 5.74) is -1.11. The van der Waals surface area contributed by atoms with Crippen LogP contribution in [0.5, 0.6) is 0 Å². The summed E-state index contributed by atoms with van der Waals surface area (Å²) in [5.74, 6) is -0.0546. The number of nitrogens with zero attached hydrogens (tertiary/aromatic N) is 3. The van der Waals surface area contributed by atoms with Gasteiger partial charge in [-0.05, 0) is 49.2 Å². The van der Waals surface area contributed by atoms with Crippen LogP contribution in [0.25, 0.3) is 11.4 Å². The molecular formula is C25H23F6N3O2. The molecule has 192 valence electrons. The van der Waals surface area contributed by atoms with Gasteiger partial charge < -0.3 is 9.42 Å². The van der Waals surface area contributed by atoms with Crippen LogP contribution in [0, 0.1) is 0 Å². The molecule has 1 aliphatic carbocycles. The third-order valence-electron chi connectivity index (χ3n) is 6.24. The molecule has 1 aliphatic rings. The van der Waals surface area contributed by atoms with Gasteiger partial charge in [-0.1, -0.05) is 36.6 Å². The van der Waals surface area contributed by atoms with E-state index in [0.717, 1.165) is 56.4 Å². The molecule has 11 heteroatoms. The Labute approximate surface area is 203 Å². The Morgan fingerprint density at radius 3 is 1.97 bits per heavy atom. The normalized spacial score (nSPS) is 15.2. The lowest BCUT2D eigenvalue weighted by Gasteiger charge is -2.34. The molecule has 1 heterocycles. The minimum absolute atomic E-state index is 0.0640. The van der Waals surface area contributed by atoms with Crippen molar-refractivity contribution < 1.29 is 35.7 Å². The Hall–Kier alpha value is -3.37. The van der Waals surface area contributed by atoms with Crippen LogP contribution < -0.4 is 0 Å². The van der Waals surface area contributed by atoms with E-state index in [-0.39, 0.29) is 42.2 Å². The highest BCUT2D eigenvalue weighted by atomic mass is 19.4. The molecule has 0 radical (unpaired) electrons. The fourth-order valence-electron chi connectivity index (χ4n) is 4.31. The molecule has 36 heavy (non-hydrogen) atoms. The predicted molar refractivity (Wildman–Crippen MR) is 118 cm³/mol. The van der Waals surface area contributed by atoms with Gasteiger partial charge in [0, 0.05) is 30.1 Å². The van der Waals surface area contributed by atoms with Gasteiger partial charge in [0.05, 0.1) is 11.1 Å². The minimum Gasteiger partial charge on any atom is -0.339 e. The van der Waals surface area contributed by atoms with Crippen molar-refractivity contribution >= 4 is 5.91 Å². The molecule has 1 amide bonds. The summed E-state index contributed by atoms with van der Waals surface area (Å²) in [7, 11) is 0. The number of halogens is 6. The first-order valence-corrected chi connectivity index (χ1v) is 11.5. The zero-order valence-corrected chi connectivity index (χ0v) is 19.1. The van der Waals surface area contributed by atoms with Crippen LogP contribution in [0.1, 0.15) is 59.5 Å². The number of amides is 1. The quantitative estimate of drug-likeness (QED) is 0.342. The van der Waals surface area contributed by atoms with Crippen LogP contribution in [-0.2, 0) is 18.8 Å². The van der Waals surface area contributed by atoms with Crippen molar-refractivity contribution in [2.45, 2.75) is 56.9 Å². The Morgan fingerprint density at radius 1 is 0.861 bits per heavy atom. The highest BCUT2D eigenvalue weighted by Gasteiger charge is 2.32. The lowest BCUT2D eigenvalue weighted by molar-refractivity contribution is -0.138. The summed E-state index contributed by atoms with van der Waals surface area (Å²) in [6, 6.07) is 8.43. The highest BCUT2D eigenvalue weighted by Crippen LogP contribution is 2.31. The maximum atomic E-state index is 13.3. The SMILES string of the molecule is O=C(c1ccc(C(F)(F)F)cc1)N(CCc1nc(-c2ccc(C(F)(F)F)cc2)no1)C1CCCCC1. The van der Waals surface area contributed by atoms with Crippen molar-refractivity contribution in [3.05, 3.63) is 71.1 Å². The Kier molecular flexibility index (Phi) is 7.37. The smallest absolute Gasteiger partial charge is 0.339 e. The summed E-state index contributed by atoms with van der Waals surface area (Å²) in [5, 5.41) is 3.83. The van der Waals surface area contributed by atoms with Gasteiger partial charge in [-0.3, -0.25) is 4.79 Å². The van der Waals surface area contributed by atoms with E-state index in [4.69, 9.17) is 4.52 Å². The highest BCUT2D eigenvalue weighted by molar-refractivity contribution is 5.94. The minimum atomic E-state index is -4.49. The maximum absolute atomic E-state index is 13.3. The lowest BCUT2D eigenvalue weighted by atomic mass is 9.93. The van der Waals surface area contributed by atoms with Gasteiger partial charge in [0.25, 0.3) is 5.91 Å². The van der Waals surface area contributed by atoms with Gasteiger partial charge in [-0.2, -0.15) is 31.3 Å². The molecule has 5 nitrogen and oxygen atoms in total. The van der Waals surface area contributed by atoms with Gasteiger partial charge in [-0.15, -0.1) is 0 Å². The van der Waals surface area contributed by atoms with Crippen molar-refractivity contribution in [1.82, 2.24) is 15.0 Å². The van der Waals surface area contributed by atoms with Crippen LogP contribution in [0.2, 0.25) is 0 Å². The number of carbonyl (C=O) groups is 1. The molecule has 1 saturated carbocycles. The summed E-state index contributed by atoms with van der Waals surface area (Å²) in [6.07, 6.45) is -4.24. The third kappa shape index (κ3) is 6.06. The van der Waals surface area contributed by atoms with E-state index < -0.39 is 23.5 Å². The van der Waals surface area contributed by atoms with E-state index in [1.165, 1.54) is 24.3 Å². The molecule has 4 rings (SSSR count). The second-order valence-corrected chi connectivity index (χ2v) is 8.70. The second-order valence-electron chi connectivity index (χ2n) is 8.70. The maximum Gasteiger partial charge on any atom is 0.416 e.